The van der Waals surface area contributed by atoms with Crippen LogP contribution in [0.25, 0.3) is 0 Å². The minimum absolute atomic E-state index is 0.0500. The lowest BCUT2D eigenvalue weighted by Crippen LogP contribution is -2.44. The number of hydrogen-bond acceptors (Lipinski definition) is 4. The highest BCUT2D eigenvalue weighted by Gasteiger charge is 2.43. The van der Waals surface area contributed by atoms with Crippen LogP contribution in [0.3, 0.4) is 0 Å². The molecule has 20 heavy (non-hydrogen) atoms. The lowest BCUT2D eigenvalue weighted by atomic mass is 9.84. The summed E-state index contributed by atoms with van der Waals surface area (Å²) in [7, 11) is 3.15. The first kappa shape index (κ1) is 14.7. The number of carbonyl (C=O) groups is 1. The summed E-state index contributed by atoms with van der Waals surface area (Å²) in [5, 5.41) is 2.93. The molecule has 0 aromatic heterocycles. The molecule has 0 heterocycles. The first-order valence-electron chi connectivity index (χ1n) is 6.80. The predicted molar refractivity (Wildman–Crippen MR) is 78.1 cm³/mol. The molecule has 110 valence electrons. The zero-order valence-electron chi connectivity index (χ0n) is 12.2. The van der Waals surface area contributed by atoms with Gasteiger partial charge in [0.1, 0.15) is 11.5 Å². The molecule has 0 aliphatic heterocycles. The fourth-order valence-electron chi connectivity index (χ4n) is 2.64. The zero-order chi connectivity index (χ0) is 14.8. The van der Waals surface area contributed by atoms with Crippen LogP contribution in [0.15, 0.2) is 18.2 Å². The van der Waals surface area contributed by atoms with Gasteiger partial charge in [0.25, 0.3) is 0 Å². The second-order valence-electron chi connectivity index (χ2n) is 5.44. The van der Waals surface area contributed by atoms with E-state index in [0.29, 0.717) is 17.2 Å². The molecule has 1 aliphatic rings. The average Bonchev–Trinajstić information content (AvgIpc) is 2.80. The Morgan fingerprint density at radius 3 is 2.70 bits per heavy atom. The van der Waals surface area contributed by atoms with Gasteiger partial charge in [-0.15, -0.1) is 0 Å². The number of benzene rings is 1. The Morgan fingerprint density at radius 2 is 2.15 bits per heavy atom. The lowest BCUT2D eigenvalue weighted by molar-refractivity contribution is -0.125. The first-order chi connectivity index (χ1) is 9.51. The van der Waals surface area contributed by atoms with E-state index in [1.807, 2.05) is 6.92 Å². The van der Waals surface area contributed by atoms with Gasteiger partial charge in [-0.05, 0) is 31.9 Å². The molecule has 0 radical (unpaired) electrons. The summed E-state index contributed by atoms with van der Waals surface area (Å²) in [6.45, 7) is 1.93. The van der Waals surface area contributed by atoms with Gasteiger partial charge >= 0.3 is 0 Å². The molecule has 5 heteroatoms. The molecule has 0 bridgehead atoms. The summed E-state index contributed by atoms with van der Waals surface area (Å²) in [6.07, 6.45) is 2.70. The third-order valence-corrected chi connectivity index (χ3v) is 4.21. The summed E-state index contributed by atoms with van der Waals surface area (Å²) >= 11 is 0. The van der Waals surface area contributed by atoms with Gasteiger partial charge in [0.15, 0.2) is 0 Å². The molecule has 2 unspecified atom stereocenters. The Bertz CT molecular complexity index is 504. The molecule has 0 saturated heterocycles. The lowest BCUT2D eigenvalue weighted by Gasteiger charge is -2.27. The van der Waals surface area contributed by atoms with Crippen molar-refractivity contribution in [1.29, 1.82) is 0 Å². The number of ether oxygens (including phenoxy) is 2. The van der Waals surface area contributed by atoms with Crippen LogP contribution in [0.2, 0.25) is 0 Å². The highest BCUT2D eigenvalue weighted by Crippen LogP contribution is 2.39. The number of methoxy groups -OCH3 is 2. The van der Waals surface area contributed by atoms with Crippen LogP contribution in [0.5, 0.6) is 11.5 Å². The third-order valence-electron chi connectivity index (χ3n) is 4.21. The van der Waals surface area contributed by atoms with Crippen LogP contribution >= 0.6 is 0 Å². The Kier molecular flexibility index (Phi) is 4.18. The Labute approximate surface area is 119 Å². The molecule has 1 saturated carbocycles. The Morgan fingerprint density at radius 1 is 1.40 bits per heavy atom. The van der Waals surface area contributed by atoms with Crippen LogP contribution in [-0.2, 0) is 4.79 Å². The van der Waals surface area contributed by atoms with E-state index in [2.05, 4.69) is 5.32 Å². The summed E-state index contributed by atoms with van der Waals surface area (Å²) < 4.78 is 10.4. The highest BCUT2D eigenvalue weighted by molar-refractivity contribution is 5.97. The van der Waals surface area contributed by atoms with E-state index in [-0.39, 0.29) is 11.9 Å². The van der Waals surface area contributed by atoms with Crippen molar-refractivity contribution < 1.29 is 14.3 Å². The molecule has 1 aromatic carbocycles. The molecular weight excluding hydrogens is 256 g/mol. The number of rotatable bonds is 4. The molecule has 1 aromatic rings. The number of nitrogens with two attached hydrogens (primary N) is 1. The maximum atomic E-state index is 12.5. The minimum atomic E-state index is -0.509. The molecular formula is C15H22N2O3. The van der Waals surface area contributed by atoms with Gasteiger partial charge in [-0.3, -0.25) is 4.79 Å². The number of anilines is 1. The molecule has 1 amide bonds. The topological polar surface area (TPSA) is 73.6 Å². The molecule has 1 aliphatic carbocycles. The Hall–Kier alpha value is -1.75. The standard InChI is InChI=1S/C15H22N2O3/c1-15(8-4-5-13(15)16)14(18)17-11-7-6-10(19-2)9-12(11)20-3/h6-7,9,13H,4-5,8,16H2,1-3H3,(H,17,18). The summed E-state index contributed by atoms with van der Waals surface area (Å²) in [5.74, 6) is 1.21. The number of carbonyl (C=O) groups excluding carboxylic acids is 1. The fraction of sp³-hybridized carbons (Fsp3) is 0.533. The summed E-state index contributed by atoms with van der Waals surface area (Å²) in [6, 6.07) is 5.22. The minimum Gasteiger partial charge on any atom is -0.497 e. The van der Waals surface area contributed by atoms with Gasteiger partial charge in [-0.1, -0.05) is 6.42 Å². The van der Waals surface area contributed by atoms with Gasteiger partial charge in [-0.2, -0.15) is 0 Å². The third kappa shape index (κ3) is 2.58. The SMILES string of the molecule is COc1ccc(NC(=O)C2(C)CCCC2N)c(OC)c1. The van der Waals surface area contributed by atoms with Gasteiger partial charge in [-0.25, -0.2) is 0 Å². The quantitative estimate of drug-likeness (QED) is 0.885. The van der Waals surface area contributed by atoms with Crippen molar-refractivity contribution in [3.8, 4) is 11.5 Å². The van der Waals surface area contributed by atoms with Crippen molar-refractivity contribution in [2.75, 3.05) is 19.5 Å². The maximum Gasteiger partial charge on any atom is 0.231 e. The smallest absolute Gasteiger partial charge is 0.231 e. The number of nitrogens with one attached hydrogen (secondary N) is 1. The van der Waals surface area contributed by atoms with E-state index in [1.165, 1.54) is 0 Å². The van der Waals surface area contributed by atoms with Crippen LogP contribution in [-0.4, -0.2) is 26.2 Å². The zero-order valence-corrected chi connectivity index (χ0v) is 12.2. The molecule has 0 spiro atoms. The van der Waals surface area contributed by atoms with E-state index in [0.717, 1.165) is 19.3 Å². The maximum absolute atomic E-state index is 12.5. The van der Waals surface area contributed by atoms with Crippen molar-refractivity contribution in [3.05, 3.63) is 18.2 Å². The highest BCUT2D eigenvalue weighted by atomic mass is 16.5. The fourth-order valence-corrected chi connectivity index (χ4v) is 2.64. The predicted octanol–water partition coefficient (Wildman–Crippen LogP) is 2.16. The second-order valence-corrected chi connectivity index (χ2v) is 5.44. The summed E-state index contributed by atoms with van der Waals surface area (Å²) in [5.41, 5.74) is 6.20. The van der Waals surface area contributed by atoms with Crippen LogP contribution in [0.4, 0.5) is 5.69 Å². The van der Waals surface area contributed by atoms with Crippen molar-refractivity contribution in [1.82, 2.24) is 0 Å². The normalized spacial score (nSPS) is 25.3. The van der Waals surface area contributed by atoms with Crippen molar-refractivity contribution in [2.45, 2.75) is 32.2 Å². The van der Waals surface area contributed by atoms with E-state index in [9.17, 15) is 4.79 Å². The van der Waals surface area contributed by atoms with Crippen molar-refractivity contribution in [3.63, 3.8) is 0 Å². The van der Waals surface area contributed by atoms with Gasteiger partial charge in [0.2, 0.25) is 5.91 Å². The van der Waals surface area contributed by atoms with Crippen molar-refractivity contribution in [2.24, 2.45) is 11.1 Å². The number of hydrogen-bond donors (Lipinski definition) is 2. The molecule has 2 rings (SSSR count). The van der Waals surface area contributed by atoms with Gasteiger partial charge in [0, 0.05) is 12.1 Å². The Balaban J connectivity index is 2.19. The molecule has 5 nitrogen and oxygen atoms in total. The number of amides is 1. The van der Waals surface area contributed by atoms with Gasteiger partial charge in [0.05, 0.1) is 25.3 Å². The van der Waals surface area contributed by atoms with E-state index in [4.69, 9.17) is 15.2 Å². The van der Waals surface area contributed by atoms with Crippen molar-refractivity contribution >= 4 is 11.6 Å². The molecule has 2 atom stereocenters. The molecule has 1 fully saturated rings. The van der Waals surface area contributed by atoms with Crippen LogP contribution < -0.4 is 20.5 Å². The van der Waals surface area contributed by atoms with Crippen LogP contribution in [0.1, 0.15) is 26.2 Å². The largest absolute Gasteiger partial charge is 0.497 e. The summed E-state index contributed by atoms with van der Waals surface area (Å²) in [4.78, 5) is 12.5. The van der Waals surface area contributed by atoms with E-state index < -0.39 is 5.41 Å². The average molecular weight is 278 g/mol. The molecule has 3 N–H and O–H groups in total. The van der Waals surface area contributed by atoms with E-state index >= 15 is 0 Å². The van der Waals surface area contributed by atoms with E-state index in [1.54, 1.807) is 32.4 Å². The first-order valence-corrected chi connectivity index (χ1v) is 6.80. The van der Waals surface area contributed by atoms with Crippen LogP contribution in [0, 0.1) is 5.41 Å². The second kappa shape index (κ2) is 5.71. The monoisotopic (exact) mass is 278 g/mol. The van der Waals surface area contributed by atoms with Gasteiger partial charge < -0.3 is 20.5 Å².